The summed E-state index contributed by atoms with van der Waals surface area (Å²) in [5, 5.41) is 4.56. The van der Waals surface area contributed by atoms with Gasteiger partial charge in [-0.15, -0.1) is 0 Å². The molecule has 0 saturated carbocycles. The van der Waals surface area contributed by atoms with Crippen LogP contribution in [0.2, 0.25) is 10.0 Å². The van der Waals surface area contributed by atoms with E-state index in [1.165, 1.54) is 0 Å². The van der Waals surface area contributed by atoms with Gasteiger partial charge in [-0.1, -0.05) is 36.5 Å². The van der Waals surface area contributed by atoms with E-state index in [4.69, 9.17) is 27.9 Å². The molecule has 2 rings (SSSR count). The average Bonchev–Trinajstić information content (AvgIpc) is 2.56. The maximum Gasteiger partial charge on any atom is 0.127 e. The number of ether oxygens (including phenoxy) is 1. The van der Waals surface area contributed by atoms with E-state index in [1.807, 2.05) is 13.1 Å². The largest absolute Gasteiger partial charge is 0.488 e. The lowest BCUT2D eigenvalue weighted by atomic mass is 10.0. The van der Waals surface area contributed by atoms with Crippen molar-refractivity contribution in [3.8, 4) is 5.75 Å². The second-order valence-electron chi connectivity index (χ2n) is 4.01. The summed E-state index contributed by atoms with van der Waals surface area (Å²) >= 11 is 12.2. The first kappa shape index (κ1) is 12.0. The molecule has 4 heteroatoms. The molecule has 0 spiro atoms. The Kier molecular flexibility index (Phi) is 3.63. The van der Waals surface area contributed by atoms with Gasteiger partial charge < -0.3 is 10.1 Å². The fourth-order valence-electron chi connectivity index (χ4n) is 2.22. The summed E-state index contributed by atoms with van der Waals surface area (Å²) in [5.41, 5.74) is 1.03. The van der Waals surface area contributed by atoms with E-state index in [2.05, 4.69) is 12.2 Å². The highest BCUT2D eigenvalue weighted by molar-refractivity contribution is 6.35. The highest BCUT2D eigenvalue weighted by Gasteiger charge is 2.34. The number of rotatable bonds is 3. The molecule has 1 N–H and O–H groups in total. The molecule has 2 unspecified atom stereocenters. The van der Waals surface area contributed by atoms with Crippen molar-refractivity contribution < 1.29 is 4.74 Å². The SMILES string of the molecule is CCCC1Oc2cc(Cl)cc(Cl)c2C1NC. The minimum atomic E-state index is 0.154. The minimum Gasteiger partial charge on any atom is -0.488 e. The minimum absolute atomic E-state index is 0.154. The smallest absolute Gasteiger partial charge is 0.127 e. The predicted molar refractivity (Wildman–Crippen MR) is 67.6 cm³/mol. The van der Waals surface area contributed by atoms with Crippen molar-refractivity contribution in [1.82, 2.24) is 5.32 Å². The monoisotopic (exact) mass is 259 g/mol. The van der Waals surface area contributed by atoms with E-state index in [1.54, 1.807) is 6.07 Å². The molecular weight excluding hydrogens is 245 g/mol. The van der Waals surface area contributed by atoms with Gasteiger partial charge in [-0.25, -0.2) is 0 Å². The summed E-state index contributed by atoms with van der Waals surface area (Å²) in [6.07, 6.45) is 2.25. The third kappa shape index (κ3) is 2.02. The van der Waals surface area contributed by atoms with Gasteiger partial charge in [0, 0.05) is 10.6 Å². The summed E-state index contributed by atoms with van der Waals surface area (Å²) in [7, 11) is 1.93. The van der Waals surface area contributed by atoms with Gasteiger partial charge in [-0.05, 0) is 25.6 Å². The van der Waals surface area contributed by atoms with Gasteiger partial charge in [0.05, 0.1) is 11.1 Å². The Bertz CT molecular complexity index is 395. The molecule has 0 saturated heterocycles. The van der Waals surface area contributed by atoms with E-state index in [0.29, 0.717) is 10.0 Å². The molecule has 0 radical (unpaired) electrons. The van der Waals surface area contributed by atoms with Crippen LogP contribution < -0.4 is 10.1 Å². The van der Waals surface area contributed by atoms with Crippen LogP contribution in [0.4, 0.5) is 0 Å². The van der Waals surface area contributed by atoms with Crippen LogP contribution in [0.5, 0.6) is 5.75 Å². The van der Waals surface area contributed by atoms with E-state index in [9.17, 15) is 0 Å². The van der Waals surface area contributed by atoms with Crippen LogP contribution in [0.25, 0.3) is 0 Å². The lowest BCUT2D eigenvalue weighted by Gasteiger charge is -2.17. The Morgan fingerprint density at radius 2 is 2.12 bits per heavy atom. The fourth-order valence-corrected chi connectivity index (χ4v) is 2.81. The molecule has 0 fully saturated rings. The molecule has 1 heterocycles. The van der Waals surface area contributed by atoms with Crippen LogP contribution >= 0.6 is 23.2 Å². The van der Waals surface area contributed by atoms with Gasteiger partial charge >= 0.3 is 0 Å². The normalized spacial score (nSPS) is 23.0. The lowest BCUT2D eigenvalue weighted by molar-refractivity contribution is 0.182. The zero-order valence-corrected chi connectivity index (χ0v) is 10.9. The van der Waals surface area contributed by atoms with Gasteiger partial charge in [-0.3, -0.25) is 0 Å². The molecule has 2 atom stereocenters. The van der Waals surface area contributed by atoms with Crippen molar-refractivity contribution in [2.75, 3.05) is 7.05 Å². The van der Waals surface area contributed by atoms with E-state index < -0.39 is 0 Å². The number of nitrogens with one attached hydrogen (secondary N) is 1. The highest BCUT2D eigenvalue weighted by Crippen LogP contribution is 2.43. The van der Waals surface area contributed by atoms with Crippen LogP contribution in [-0.4, -0.2) is 13.2 Å². The van der Waals surface area contributed by atoms with Crippen molar-refractivity contribution in [2.24, 2.45) is 0 Å². The second kappa shape index (κ2) is 4.82. The zero-order valence-electron chi connectivity index (χ0n) is 9.39. The number of hydrogen-bond donors (Lipinski definition) is 1. The lowest BCUT2D eigenvalue weighted by Crippen LogP contribution is -2.28. The zero-order chi connectivity index (χ0) is 11.7. The Morgan fingerprint density at radius 3 is 2.75 bits per heavy atom. The Morgan fingerprint density at radius 1 is 1.38 bits per heavy atom. The molecule has 1 aliphatic rings. The van der Waals surface area contributed by atoms with Crippen LogP contribution in [0.3, 0.4) is 0 Å². The fraction of sp³-hybridized carbons (Fsp3) is 0.500. The summed E-state index contributed by atoms with van der Waals surface area (Å²) < 4.78 is 5.88. The number of halogens is 2. The van der Waals surface area contributed by atoms with Crippen molar-refractivity contribution in [3.63, 3.8) is 0 Å². The molecule has 88 valence electrons. The van der Waals surface area contributed by atoms with Crippen molar-refractivity contribution in [2.45, 2.75) is 31.9 Å². The highest BCUT2D eigenvalue weighted by atomic mass is 35.5. The maximum absolute atomic E-state index is 6.21. The topological polar surface area (TPSA) is 21.3 Å². The van der Waals surface area contributed by atoms with Crippen LogP contribution in [-0.2, 0) is 0 Å². The van der Waals surface area contributed by atoms with Gasteiger partial charge in [0.2, 0.25) is 0 Å². The number of hydrogen-bond acceptors (Lipinski definition) is 2. The molecule has 0 bridgehead atoms. The quantitative estimate of drug-likeness (QED) is 0.892. The number of likely N-dealkylation sites (N-methyl/N-ethyl adjacent to an activating group) is 1. The Hall–Kier alpha value is -0.440. The van der Waals surface area contributed by atoms with Crippen LogP contribution in [0, 0.1) is 0 Å². The number of benzene rings is 1. The third-order valence-corrected chi connectivity index (χ3v) is 3.43. The molecule has 0 amide bonds. The van der Waals surface area contributed by atoms with Gasteiger partial charge in [0.1, 0.15) is 11.9 Å². The standard InChI is InChI=1S/C12H15Cl2NO/c1-3-4-9-12(15-2)11-8(14)5-7(13)6-10(11)16-9/h5-6,9,12,15H,3-4H2,1-2H3. The molecule has 1 aliphatic heterocycles. The molecular formula is C12H15Cl2NO. The van der Waals surface area contributed by atoms with Gasteiger partial charge in [0.25, 0.3) is 0 Å². The maximum atomic E-state index is 6.21. The Balaban J connectivity index is 2.38. The van der Waals surface area contributed by atoms with E-state index in [0.717, 1.165) is 24.2 Å². The van der Waals surface area contributed by atoms with Crippen LogP contribution in [0.1, 0.15) is 31.4 Å². The Labute approximate surface area is 106 Å². The summed E-state index contributed by atoms with van der Waals surface area (Å²) in [6.45, 7) is 2.15. The van der Waals surface area contributed by atoms with Crippen molar-refractivity contribution >= 4 is 23.2 Å². The predicted octanol–water partition coefficient (Wildman–Crippen LogP) is 3.82. The van der Waals surface area contributed by atoms with Gasteiger partial charge in [-0.2, -0.15) is 0 Å². The summed E-state index contributed by atoms with van der Waals surface area (Å²) in [5.74, 6) is 0.815. The molecule has 16 heavy (non-hydrogen) atoms. The third-order valence-electron chi connectivity index (χ3n) is 2.90. The second-order valence-corrected chi connectivity index (χ2v) is 4.85. The van der Waals surface area contributed by atoms with Crippen LogP contribution in [0.15, 0.2) is 12.1 Å². The van der Waals surface area contributed by atoms with E-state index in [-0.39, 0.29) is 12.1 Å². The van der Waals surface area contributed by atoms with Crippen molar-refractivity contribution in [1.29, 1.82) is 0 Å². The molecule has 0 aromatic heterocycles. The molecule has 1 aromatic carbocycles. The summed E-state index contributed by atoms with van der Waals surface area (Å²) in [6, 6.07) is 3.77. The van der Waals surface area contributed by atoms with Gasteiger partial charge in [0.15, 0.2) is 0 Å². The molecule has 1 aromatic rings. The molecule has 2 nitrogen and oxygen atoms in total. The number of fused-ring (bicyclic) bond motifs is 1. The van der Waals surface area contributed by atoms with Crippen molar-refractivity contribution in [3.05, 3.63) is 27.7 Å². The first-order chi connectivity index (χ1) is 7.67. The first-order valence-electron chi connectivity index (χ1n) is 5.50. The summed E-state index contributed by atoms with van der Waals surface area (Å²) in [4.78, 5) is 0. The average molecular weight is 260 g/mol. The molecule has 0 aliphatic carbocycles. The van der Waals surface area contributed by atoms with E-state index >= 15 is 0 Å². The first-order valence-corrected chi connectivity index (χ1v) is 6.25.